The number of amides is 1. The number of phenols is 1. The molecule has 1 aliphatic rings. The molecule has 1 aromatic rings. The maximum Gasteiger partial charge on any atom is 0.412 e. The average Bonchev–Trinajstić information content (AvgIpc) is 2.23. The Morgan fingerprint density at radius 3 is 2.50 bits per heavy atom. The number of rotatable bonds is 2. The van der Waals surface area contributed by atoms with Gasteiger partial charge in [-0.1, -0.05) is 6.07 Å². The van der Waals surface area contributed by atoms with Crippen molar-refractivity contribution in [2.45, 2.75) is 51.2 Å². The molecule has 0 spiro atoms. The number of phenolic OH excluding ortho intramolecular Hbond substituents is 1. The zero-order chi connectivity index (χ0) is 15.0. The van der Waals surface area contributed by atoms with E-state index in [0.717, 1.165) is 24.8 Å². The maximum absolute atomic E-state index is 11.6. The molecule has 110 valence electrons. The van der Waals surface area contributed by atoms with E-state index in [4.69, 9.17) is 10.5 Å². The predicted octanol–water partition coefficient (Wildman–Crippen LogP) is 3.08. The van der Waals surface area contributed by atoms with Crippen molar-refractivity contribution in [3.8, 4) is 5.75 Å². The number of anilines is 1. The highest BCUT2D eigenvalue weighted by atomic mass is 16.6. The van der Waals surface area contributed by atoms with Crippen molar-refractivity contribution in [3.05, 3.63) is 23.8 Å². The third kappa shape index (κ3) is 3.22. The molecule has 1 amide bonds. The Morgan fingerprint density at radius 2 is 2.05 bits per heavy atom. The molecule has 0 radical (unpaired) electrons. The van der Waals surface area contributed by atoms with Crippen LogP contribution < -0.4 is 11.1 Å². The van der Waals surface area contributed by atoms with E-state index in [0.29, 0.717) is 5.69 Å². The van der Waals surface area contributed by atoms with Crippen LogP contribution in [0, 0.1) is 0 Å². The van der Waals surface area contributed by atoms with E-state index in [1.807, 2.05) is 0 Å². The number of ether oxygens (including phenoxy) is 1. The van der Waals surface area contributed by atoms with Crippen LogP contribution in [-0.4, -0.2) is 16.8 Å². The van der Waals surface area contributed by atoms with Crippen LogP contribution >= 0.6 is 0 Å². The van der Waals surface area contributed by atoms with Crippen LogP contribution in [0.3, 0.4) is 0 Å². The first kappa shape index (κ1) is 14.7. The van der Waals surface area contributed by atoms with Gasteiger partial charge < -0.3 is 15.6 Å². The number of hydrogen-bond donors (Lipinski definition) is 3. The Hall–Kier alpha value is -1.75. The van der Waals surface area contributed by atoms with Crippen molar-refractivity contribution in [3.63, 3.8) is 0 Å². The van der Waals surface area contributed by atoms with Crippen molar-refractivity contribution < 1.29 is 14.6 Å². The molecule has 0 bridgehead atoms. The molecule has 5 heteroatoms. The van der Waals surface area contributed by atoms with Crippen molar-refractivity contribution >= 4 is 11.8 Å². The van der Waals surface area contributed by atoms with Gasteiger partial charge in [0.15, 0.2) is 0 Å². The molecule has 0 aromatic heterocycles. The summed E-state index contributed by atoms with van der Waals surface area (Å²) in [7, 11) is 0. The van der Waals surface area contributed by atoms with Crippen molar-refractivity contribution in [1.29, 1.82) is 0 Å². The van der Waals surface area contributed by atoms with E-state index >= 15 is 0 Å². The first-order valence-corrected chi connectivity index (χ1v) is 6.82. The topological polar surface area (TPSA) is 84.6 Å². The molecule has 1 aliphatic carbocycles. The van der Waals surface area contributed by atoms with E-state index in [1.165, 1.54) is 6.07 Å². The minimum Gasteiger partial charge on any atom is -0.508 e. The summed E-state index contributed by atoms with van der Waals surface area (Å²) in [5, 5.41) is 12.7. The summed E-state index contributed by atoms with van der Waals surface area (Å²) in [6.07, 6.45) is 2.28. The molecule has 2 rings (SSSR count). The minimum absolute atomic E-state index is 0.112. The van der Waals surface area contributed by atoms with Gasteiger partial charge in [0, 0.05) is 22.9 Å². The highest BCUT2D eigenvalue weighted by Crippen LogP contribution is 2.43. The SMILES string of the molecule is CC(C)(C)OC(=O)Nc1ccc(C2(N)CCC2)c(O)c1. The average molecular weight is 278 g/mol. The zero-order valence-electron chi connectivity index (χ0n) is 12.2. The second-order valence-electron chi connectivity index (χ2n) is 6.37. The number of benzene rings is 1. The molecule has 5 nitrogen and oxygen atoms in total. The van der Waals surface area contributed by atoms with Crippen LogP contribution in [0.4, 0.5) is 10.5 Å². The molecular formula is C15H22N2O3. The summed E-state index contributed by atoms with van der Waals surface area (Å²) in [5.74, 6) is 0.112. The lowest BCUT2D eigenvalue weighted by Crippen LogP contribution is -2.43. The normalized spacial score (nSPS) is 17.2. The number of hydrogen-bond acceptors (Lipinski definition) is 4. The minimum atomic E-state index is -0.556. The summed E-state index contributed by atoms with van der Waals surface area (Å²) in [6.45, 7) is 5.38. The molecule has 1 saturated carbocycles. The van der Waals surface area contributed by atoms with Gasteiger partial charge in [-0.25, -0.2) is 4.79 Å². The third-order valence-corrected chi connectivity index (χ3v) is 3.43. The lowest BCUT2D eigenvalue weighted by atomic mass is 9.72. The van der Waals surface area contributed by atoms with Crippen LogP contribution in [0.2, 0.25) is 0 Å². The number of aromatic hydroxyl groups is 1. The highest BCUT2D eigenvalue weighted by Gasteiger charge is 2.36. The van der Waals surface area contributed by atoms with Gasteiger partial charge in [-0.05, 0) is 46.1 Å². The first-order chi connectivity index (χ1) is 9.20. The Bertz CT molecular complexity index is 516. The van der Waals surface area contributed by atoms with E-state index < -0.39 is 17.2 Å². The smallest absolute Gasteiger partial charge is 0.412 e. The van der Waals surface area contributed by atoms with Crippen molar-refractivity contribution in [1.82, 2.24) is 0 Å². The summed E-state index contributed by atoms with van der Waals surface area (Å²) in [5.41, 5.74) is 6.43. The number of nitrogens with two attached hydrogens (primary N) is 1. The van der Waals surface area contributed by atoms with Gasteiger partial charge >= 0.3 is 6.09 Å². The summed E-state index contributed by atoms with van der Waals surface area (Å²) in [4.78, 5) is 11.6. The largest absolute Gasteiger partial charge is 0.508 e. The van der Waals surface area contributed by atoms with E-state index in [9.17, 15) is 9.90 Å². The molecule has 1 aromatic carbocycles. The summed E-state index contributed by atoms with van der Waals surface area (Å²) in [6, 6.07) is 5.00. The Morgan fingerprint density at radius 1 is 1.40 bits per heavy atom. The van der Waals surface area contributed by atoms with Gasteiger partial charge in [-0.3, -0.25) is 5.32 Å². The second kappa shape index (κ2) is 4.98. The summed E-state index contributed by atoms with van der Waals surface area (Å²) < 4.78 is 5.15. The molecule has 1 fully saturated rings. The quantitative estimate of drug-likeness (QED) is 0.776. The zero-order valence-corrected chi connectivity index (χ0v) is 12.2. The van der Waals surface area contributed by atoms with Gasteiger partial charge in [0.2, 0.25) is 0 Å². The molecule has 0 unspecified atom stereocenters. The number of nitrogens with one attached hydrogen (secondary N) is 1. The van der Waals surface area contributed by atoms with Crippen LogP contribution in [-0.2, 0) is 10.3 Å². The fraction of sp³-hybridized carbons (Fsp3) is 0.533. The molecular weight excluding hydrogens is 256 g/mol. The van der Waals surface area contributed by atoms with E-state index in [2.05, 4.69) is 5.32 Å². The lowest BCUT2D eigenvalue weighted by molar-refractivity contribution is 0.0636. The van der Waals surface area contributed by atoms with Gasteiger partial charge in [0.1, 0.15) is 11.4 Å². The lowest BCUT2D eigenvalue weighted by Gasteiger charge is -2.39. The van der Waals surface area contributed by atoms with Crippen LogP contribution in [0.5, 0.6) is 5.75 Å². The van der Waals surface area contributed by atoms with Gasteiger partial charge in [0.25, 0.3) is 0 Å². The second-order valence-corrected chi connectivity index (χ2v) is 6.37. The van der Waals surface area contributed by atoms with Crippen LogP contribution in [0.25, 0.3) is 0 Å². The predicted molar refractivity (Wildman–Crippen MR) is 77.7 cm³/mol. The van der Waals surface area contributed by atoms with Gasteiger partial charge in [-0.2, -0.15) is 0 Å². The highest BCUT2D eigenvalue weighted by molar-refractivity contribution is 5.85. The number of carbonyl (C=O) groups is 1. The Balaban J connectivity index is 2.08. The van der Waals surface area contributed by atoms with Crippen molar-refractivity contribution in [2.75, 3.05) is 5.32 Å². The first-order valence-electron chi connectivity index (χ1n) is 6.82. The molecule has 4 N–H and O–H groups in total. The standard InChI is InChI=1S/C15H22N2O3/c1-14(2,3)20-13(19)17-10-5-6-11(12(18)9-10)15(16)7-4-8-15/h5-6,9,18H,4,7-8,16H2,1-3H3,(H,17,19). The fourth-order valence-corrected chi connectivity index (χ4v) is 2.28. The van der Waals surface area contributed by atoms with Crippen LogP contribution in [0.15, 0.2) is 18.2 Å². The molecule has 0 aliphatic heterocycles. The fourth-order valence-electron chi connectivity index (χ4n) is 2.28. The van der Waals surface area contributed by atoms with E-state index in [-0.39, 0.29) is 5.75 Å². The van der Waals surface area contributed by atoms with Crippen LogP contribution in [0.1, 0.15) is 45.6 Å². The van der Waals surface area contributed by atoms with Crippen molar-refractivity contribution in [2.24, 2.45) is 5.73 Å². The monoisotopic (exact) mass is 278 g/mol. The molecule has 20 heavy (non-hydrogen) atoms. The Kier molecular flexibility index (Phi) is 3.65. The molecule has 0 saturated heterocycles. The molecule has 0 heterocycles. The van der Waals surface area contributed by atoms with E-state index in [1.54, 1.807) is 32.9 Å². The summed E-state index contributed by atoms with van der Waals surface area (Å²) >= 11 is 0. The maximum atomic E-state index is 11.6. The van der Waals surface area contributed by atoms with Gasteiger partial charge in [-0.15, -0.1) is 0 Å². The Labute approximate surface area is 119 Å². The number of carbonyl (C=O) groups excluding carboxylic acids is 1. The van der Waals surface area contributed by atoms with Gasteiger partial charge in [0.05, 0.1) is 0 Å². The molecule has 0 atom stereocenters. The third-order valence-electron chi connectivity index (χ3n) is 3.43.